The first-order chi connectivity index (χ1) is 4.74. The van der Waals surface area contributed by atoms with Gasteiger partial charge in [-0.25, -0.2) is 0 Å². The summed E-state index contributed by atoms with van der Waals surface area (Å²) >= 11 is 0. The summed E-state index contributed by atoms with van der Waals surface area (Å²) in [6, 6.07) is 5.51. The fourth-order valence-electron chi connectivity index (χ4n) is 0.765. The Balaban J connectivity index is 3.04. The summed E-state index contributed by atoms with van der Waals surface area (Å²) < 4.78 is 0. The molecule has 0 atom stereocenters. The highest BCUT2D eigenvalue weighted by Crippen LogP contribution is 2.19. The lowest BCUT2D eigenvalue weighted by Crippen LogP contribution is -1.86. The molecule has 0 aliphatic heterocycles. The van der Waals surface area contributed by atoms with Crippen LogP contribution in [0.4, 0.5) is 5.69 Å². The summed E-state index contributed by atoms with van der Waals surface area (Å²) in [4.78, 5) is 0. The number of benzene rings is 1. The number of aryl methyl sites for hydroxylation is 1. The second-order valence-electron chi connectivity index (χ2n) is 2.25. The van der Waals surface area contributed by atoms with Crippen molar-refractivity contribution in [3.8, 4) is 5.75 Å². The summed E-state index contributed by atoms with van der Waals surface area (Å²) in [6.45, 7) is 1.87. The average Bonchev–Trinajstić information content (AvgIpc) is 1.95. The average molecular weight is 137 g/mol. The van der Waals surface area contributed by atoms with Gasteiger partial charge in [0, 0.05) is 18.8 Å². The molecule has 0 unspecified atom stereocenters. The van der Waals surface area contributed by atoms with E-state index in [9.17, 15) is 5.11 Å². The number of nitrogens with one attached hydrogen (secondary N) is 1. The number of phenols is 1. The van der Waals surface area contributed by atoms with Crippen LogP contribution in [-0.4, -0.2) is 12.2 Å². The first kappa shape index (κ1) is 6.93. The third-order valence-electron chi connectivity index (χ3n) is 1.50. The van der Waals surface area contributed by atoms with E-state index >= 15 is 0 Å². The quantitative estimate of drug-likeness (QED) is 0.618. The van der Waals surface area contributed by atoms with Gasteiger partial charge in [-0.2, -0.15) is 0 Å². The smallest absolute Gasteiger partial charge is 0.120 e. The Morgan fingerprint density at radius 1 is 1.40 bits per heavy atom. The minimum Gasteiger partial charge on any atom is -0.508 e. The molecule has 0 bridgehead atoms. The van der Waals surface area contributed by atoms with Crippen molar-refractivity contribution < 1.29 is 5.11 Å². The van der Waals surface area contributed by atoms with Crippen LogP contribution in [-0.2, 0) is 0 Å². The number of hydrogen-bond acceptors (Lipinski definition) is 2. The largest absolute Gasteiger partial charge is 0.508 e. The molecular formula is C8H11NO. The molecule has 10 heavy (non-hydrogen) atoms. The Morgan fingerprint density at radius 3 is 2.60 bits per heavy atom. The molecule has 0 amide bonds. The maximum atomic E-state index is 9.19. The van der Waals surface area contributed by atoms with E-state index in [1.54, 1.807) is 6.07 Å². The van der Waals surface area contributed by atoms with Gasteiger partial charge in [0.05, 0.1) is 0 Å². The predicted octanol–water partition coefficient (Wildman–Crippen LogP) is 1.74. The van der Waals surface area contributed by atoms with Gasteiger partial charge in [0.2, 0.25) is 0 Å². The molecule has 0 fully saturated rings. The van der Waals surface area contributed by atoms with Crippen LogP contribution >= 0.6 is 0 Å². The summed E-state index contributed by atoms with van der Waals surface area (Å²) in [6.07, 6.45) is 0. The Labute approximate surface area is 60.5 Å². The normalized spacial score (nSPS) is 9.40. The van der Waals surface area contributed by atoms with Gasteiger partial charge in [-0.15, -0.1) is 0 Å². The first-order valence-electron chi connectivity index (χ1n) is 3.21. The second kappa shape index (κ2) is 2.60. The lowest BCUT2D eigenvalue weighted by atomic mass is 10.2. The van der Waals surface area contributed by atoms with Gasteiger partial charge in [-0.05, 0) is 18.6 Å². The van der Waals surface area contributed by atoms with Crippen LogP contribution in [0.3, 0.4) is 0 Å². The third-order valence-corrected chi connectivity index (χ3v) is 1.50. The maximum Gasteiger partial charge on any atom is 0.120 e. The zero-order valence-corrected chi connectivity index (χ0v) is 6.18. The Bertz CT molecular complexity index is 233. The first-order valence-corrected chi connectivity index (χ1v) is 3.21. The number of anilines is 1. The molecule has 0 aliphatic rings. The third kappa shape index (κ3) is 1.21. The van der Waals surface area contributed by atoms with Gasteiger partial charge >= 0.3 is 0 Å². The summed E-state index contributed by atoms with van der Waals surface area (Å²) in [5.74, 6) is 0.340. The van der Waals surface area contributed by atoms with Gasteiger partial charge in [0.25, 0.3) is 0 Å². The molecule has 0 spiro atoms. The molecule has 0 heterocycles. The Kier molecular flexibility index (Phi) is 1.81. The number of rotatable bonds is 1. The lowest BCUT2D eigenvalue weighted by Gasteiger charge is -2.01. The molecule has 1 aromatic carbocycles. The standard InChI is InChI=1S/C8H11NO/c1-6-3-4-7(9-2)5-8(6)10/h3-5,9-10H,1-2H3. The van der Waals surface area contributed by atoms with Crippen molar-refractivity contribution in [1.82, 2.24) is 0 Å². The highest BCUT2D eigenvalue weighted by atomic mass is 16.3. The molecule has 0 saturated carbocycles. The summed E-state index contributed by atoms with van der Waals surface area (Å²) in [7, 11) is 1.82. The van der Waals surface area contributed by atoms with E-state index in [0.29, 0.717) is 5.75 Å². The molecule has 2 nitrogen and oxygen atoms in total. The van der Waals surface area contributed by atoms with Gasteiger partial charge in [-0.1, -0.05) is 6.07 Å². The molecule has 54 valence electrons. The van der Waals surface area contributed by atoms with Crippen molar-refractivity contribution in [2.45, 2.75) is 6.92 Å². The molecule has 0 radical (unpaired) electrons. The van der Waals surface area contributed by atoms with Crippen molar-refractivity contribution in [2.75, 3.05) is 12.4 Å². The Morgan fingerprint density at radius 2 is 2.10 bits per heavy atom. The van der Waals surface area contributed by atoms with Gasteiger partial charge in [0.15, 0.2) is 0 Å². The van der Waals surface area contributed by atoms with Crippen LogP contribution in [0.25, 0.3) is 0 Å². The highest BCUT2D eigenvalue weighted by Gasteiger charge is 1.94. The van der Waals surface area contributed by atoms with Crippen LogP contribution in [0.2, 0.25) is 0 Å². The van der Waals surface area contributed by atoms with E-state index in [1.165, 1.54) is 0 Å². The van der Waals surface area contributed by atoms with Crippen LogP contribution in [0, 0.1) is 6.92 Å². The van der Waals surface area contributed by atoms with E-state index in [2.05, 4.69) is 5.32 Å². The van der Waals surface area contributed by atoms with Crippen molar-refractivity contribution in [3.63, 3.8) is 0 Å². The topological polar surface area (TPSA) is 32.3 Å². The number of phenolic OH excluding ortho intramolecular Hbond substituents is 1. The zero-order valence-electron chi connectivity index (χ0n) is 6.18. The Hall–Kier alpha value is -1.18. The fraction of sp³-hybridized carbons (Fsp3) is 0.250. The van der Waals surface area contributed by atoms with Crippen LogP contribution in [0.5, 0.6) is 5.75 Å². The van der Waals surface area contributed by atoms with Crippen molar-refractivity contribution in [1.29, 1.82) is 0 Å². The summed E-state index contributed by atoms with van der Waals surface area (Å²) in [5, 5.41) is 12.1. The summed E-state index contributed by atoms with van der Waals surface area (Å²) in [5.41, 5.74) is 1.84. The van der Waals surface area contributed by atoms with Crippen molar-refractivity contribution >= 4 is 5.69 Å². The van der Waals surface area contributed by atoms with Gasteiger partial charge in [0.1, 0.15) is 5.75 Å². The molecule has 1 rings (SSSR count). The number of aromatic hydroxyl groups is 1. The van der Waals surface area contributed by atoms with E-state index in [1.807, 2.05) is 26.1 Å². The molecule has 1 aromatic rings. The molecular weight excluding hydrogens is 126 g/mol. The van der Waals surface area contributed by atoms with E-state index in [-0.39, 0.29) is 0 Å². The minimum atomic E-state index is 0.340. The molecule has 0 saturated heterocycles. The highest BCUT2D eigenvalue weighted by molar-refractivity contribution is 5.50. The molecule has 2 heteroatoms. The van der Waals surface area contributed by atoms with E-state index < -0.39 is 0 Å². The van der Waals surface area contributed by atoms with E-state index in [4.69, 9.17) is 0 Å². The molecule has 0 aromatic heterocycles. The van der Waals surface area contributed by atoms with Gasteiger partial charge in [-0.3, -0.25) is 0 Å². The zero-order chi connectivity index (χ0) is 7.56. The van der Waals surface area contributed by atoms with Gasteiger partial charge < -0.3 is 10.4 Å². The monoisotopic (exact) mass is 137 g/mol. The predicted molar refractivity (Wildman–Crippen MR) is 42.4 cm³/mol. The van der Waals surface area contributed by atoms with Crippen molar-refractivity contribution in [3.05, 3.63) is 23.8 Å². The van der Waals surface area contributed by atoms with Crippen molar-refractivity contribution in [2.24, 2.45) is 0 Å². The fourth-order valence-corrected chi connectivity index (χ4v) is 0.765. The number of hydrogen-bond donors (Lipinski definition) is 2. The minimum absolute atomic E-state index is 0.340. The van der Waals surface area contributed by atoms with Crippen LogP contribution in [0.15, 0.2) is 18.2 Å². The SMILES string of the molecule is CNc1ccc(C)c(O)c1. The second-order valence-corrected chi connectivity index (χ2v) is 2.25. The molecule has 2 N–H and O–H groups in total. The van der Waals surface area contributed by atoms with Crippen LogP contribution < -0.4 is 5.32 Å². The molecule has 0 aliphatic carbocycles. The van der Waals surface area contributed by atoms with Crippen LogP contribution in [0.1, 0.15) is 5.56 Å². The lowest BCUT2D eigenvalue weighted by molar-refractivity contribution is 0.471. The van der Waals surface area contributed by atoms with E-state index in [0.717, 1.165) is 11.3 Å². The maximum absolute atomic E-state index is 9.19.